The van der Waals surface area contributed by atoms with Crippen molar-refractivity contribution in [1.82, 2.24) is 9.88 Å². The first kappa shape index (κ1) is 21.8. The molecule has 0 saturated carbocycles. The van der Waals surface area contributed by atoms with Crippen LogP contribution in [0.25, 0.3) is 10.9 Å². The second-order valence-electron chi connectivity index (χ2n) is 8.28. The summed E-state index contributed by atoms with van der Waals surface area (Å²) in [5.41, 5.74) is 2.11. The van der Waals surface area contributed by atoms with E-state index in [-0.39, 0.29) is 11.6 Å². The predicted molar refractivity (Wildman–Crippen MR) is 122 cm³/mol. The molecule has 0 radical (unpaired) electrons. The Kier molecular flexibility index (Phi) is 5.16. The molecule has 0 fully saturated rings. The van der Waals surface area contributed by atoms with Gasteiger partial charge in [0.15, 0.2) is 0 Å². The van der Waals surface area contributed by atoms with Crippen LogP contribution in [0.2, 0.25) is 0 Å². The number of anilines is 1. The summed E-state index contributed by atoms with van der Waals surface area (Å²) in [4.78, 5) is 31.6. The zero-order chi connectivity index (χ0) is 24.0. The Labute approximate surface area is 193 Å². The number of fused-ring (bicyclic) bond motifs is 2. The molecule has 1 aromatic heterocycles. The number of likely N-dealkylation sites (N-methyl/N-ethyl adjacent to an activating group) is 1. The maximum absolute atomic E-state index is 13.6. The van der Waals surface area contributed by atoms with Crippen LogP contribution in [-0.4, -0.2) is 28.7 Å². The first-order chi connectivity index (χ1) is 16.3. The molecule has 8 heteroatoms. The van der Waals surface area contributed by atoms with Crippen LogP contribution >= 0.6 is 0 Å². The maximum atomic E-state index is 13.6. The second-order valence-corrected chi connectivity index (χ2v) is 8.28. The van der Waals surface area contributed by atoms with Crippen LogP contribution in [0.4, 0.5) is 18.9 Å². The van der Waals surface area contributed by atoms with Crippen molar-refractivity contribution in [3.8, 4) is 0 Å². The van der Waals surface area contributed by atoms with Crippen molar-refractivity contribution >= 4 is 28.4 Å². The highest BCUT2D eigenvalue weighted by Gasteiger charge is 2.43. The summed E-state index contributed by atoms with van der Waals surface area (Å²) in [7, 11) is 1.66. The number of benzene rings is 3. The van der Waals surface area contributed by atoms with Gasteiger partial charge in [0.2, 0.25) is 5.91 Å². The summed E-state index contributed by atoms with van der Waals surface area (Å²) in [6, 6.07) is 18.2. The summed E-state index contributed by atoms with van der Waals surface area (Å²) in [5, 5.41) is 3.64. The number of hydrogen-bond acceptors (Lipinski definition) is 2. The molecule has 0 spiro atoms. The van der Waals surface area contributed by atoms with E-state index in [4.69, 9.17) is 0 Å². The summed E-state index contributed by atoms with van der Waals surface area (Å²) in [6.45, 7) is 0. The molecule has 0 saturated heterocycles. The fourth-order valence-corrected chi connectivity index (χ4v) is 4.65. The molecule has 172 valence electrons. The molecule has 34 heavy (non-hydrogen) atoms. The van der Waals surface area contributed by atoms with Crippen molar-refractivity contribution in [3.63, 3.8) is 0 Å². The average molecular weight is 463 g/mol. The Morgan fingerprint density at radius 3 is 2.35 bits per heavy atom. The van der Waals surface area contributed by atoms with Gasteiger partial charge in [-0.25, -0.2) is 0 Å². The number of amides is 2. The molecular formula is C26H20F3N3O2. The van der Waals surface area contributed by atoms with Gasteiger partial charge in [0.05, 0.1) is 17.5 Å². The third-order valence-corrected chi connectivity index (χ3v) is 6.28. The molecular weight excluding hydrogens is 443 g/mol. The van der Waals surface area contributed by atoms with E-state index in [0.29, 0.717) is 11.1 Å². The number of carbonyl (C=O) groups excluding carboxylic acids is 2. The van der Waals surface area contributed by atoms with Crippen molar-refractivity contribution < 1.29 is 22.8 Å². The van der Waals surface area contributed by atoms with E-state index in [1.54, 1.807) is 42.4 Å². The smallest absolute Gasteiger partial charge is 0.361 e. The fraction of sp³-hybridized carbons (Fsp3) is 0.154. The molecule has 3 aromatic carbocycles. The molecule has 5 rings (SSSR count). The lowest BCUT2D eigenvalue weighted by molar-refractivity contribution is -0.137. The number of aromatic amines is 1. The quantitative estimate of drug-likeness (QED) is 0.407. The van der Waals surface area contributed by atoms with Crippen LogP contribution in [0.5, 0.6) is 0 Å². The molecule has 0 bridgehead atoms. The molecule has 2 atom stereocenters. The van der Waals surface area contributed by atoms with E-state index in [1.165, 1.54) is 12.1 Å². The van der Waals surface area contributed by atoms with Gasteiger partial charge in [0, 0.05) is 41.0 Å². The molecule has 2 amide bonds. The molecule has 2 unspecified atom stereocenters. The van der Waals surface area contributed by atoms with Crippen molar-refractivity contribution in [3.05, 3.63) is 101 Å². The second kappa shape index (κ2) is 8.06. The van der Waals surface area contributed by atoms with Crippen LogP contribution < -0.4 is 5.32 Å². The summed E-state index contributed by atoms with van der Waals surface area (Å²) >= 11 is 0. The van der Waals surface area contributed by atoms with Crippen molar-refractivity contribution in [1.29, 1.82) is 0 Å². The van der Waals surface area contributed by atoms with Crippen molar-refractivity contribution in [2.45, 2.75) is 18.1 Å². The van der Waals surface area contributed by atoms with Gasteiger partial charge in [-0.1, -0.05) is 36.4 Å². The minimum absolute atomic E-state index is 0.204. The topological polar surface area (TPSA) is 65.2 Å². The van der Waals surface area contributed by atoms with Gasteiger partial charge in [-0.05, 0) is 42.0 Å². The van der Waals surface area contributed by atoms with Gasteiger partial charge < -0.3 is 15.2 Å². The third kappa shape index (κ3) is 3.61. The van der Waals surface area contributed by atoms with Crippen LogP contribution in [-0.2, 0) is 11.0 Å². The first-order valence-electron chi connectivity index (χ1n) is 10.7. The number of halogens is 3. The van der Waals surface area contributed by atoms with E-state index < -0.39 is 29.6 Å². The standard InChI is InChI=1S/C26H20F3N3O2/c1-32-23(20-14-30-21-9-5-4-6-17(20)21)22(18-7-2-3-8-19(18)25(32)34)24(33)31-16-12-10-15(11-13-16)26(27,28)29/h2-14,22-23,30H,1H3,(H,31,33). The monoisotopic (exact) mass is 463 g/mol. The van der Waals surface area contributed by atoms with Gasteiger partial charge in [0.1, 0.15) is 0 Å². The van der Waals surface area contributed by atoms with Crippen LogP contribution in [0.1, 0.15) is 39.0 Å². The molecule has 1 aliphatic heterocycles. The van der Waals surface area contributed by atoms with E-state index in [1.807, 2.05) is 24.3 Å². The maximum Gasteiger partial charge on any atom is 0.416 e. The highest BCUT2D eigenvalue weighted by molar-refractivity contribution is 6.05. The number of nitrogens with zero attached hydrogens (tertiary/aromatic N) is 1. The SMILES string of the molecule is CN1C(=O)c2ccccc2C(C(=O)Nc2ccc(C(F)(F)F)cc2)C1c1c[nH]c2ccccc12. The van der Waals surface area contributed by atoms with Gasteiger partial charge in [-0.3, -0.25) is 9.59 Å². The Morgan fingerprint density at radius 2 is 1.62 bits per heavy atom. The normalized spacial score (nSPS) is 18.1. The number of rotatable bonds is 3. The molecule has 2 N–H and O–H groups in total. The van der Waals surface area contributed by atoms with Gasteiger partial charge >= 0.3 is 6.18 Å². The van der Waals surface area contributed by atoms with E-state index in [0.717, 1.165) is 28.6 Å². The average Bonchev–Trinajstić information content (AvgIpc) is 3.24. The number of H-pyrrole nitrogens is 1. The summed E-state index contributed by atoms with van der Waals surface area (Å²) in [5.74, 6) is -1.40. The minimum Gasteiger partial charge on any atom is -0.361 e. The number of carbonyl (C=O) groups is 2. The number of aromatic nitrogens is 1. The molecule has 5 nitrogen and oxygen atoms in total. The largest absolute Gasteiger partial charge is 0.416 e. The van der Waals surface area contributed by atoms with Crippen LogP contribution in [0, 0.1) is 0 Å². The Balaban J connectivity index is 1.58. The van der Waals surface area contributed by atoms with Crippen LogP contribution in [0.15, 0.2) is 79.0 Å². The Morgan fingerprint density at radius 1 is 0.941 bits per heavy atom. The third-order valence-electron chi connectivity index (χ3n) is 6.28. The molecule has 1 aliphatic rings. The van der Waals surface area contributed by atoms with Gasteiger partial charge in [-0.15, -0.1) is 0 Å². The number of para-hydroxylation sites is 1. The van der Waals surface area contributed by atoms with Gasteiger partial charge in [-0.2, -0.15) is 13.2 Å². The zero-order valence-corrected chi connectivity index (χ0v) is 18.1. The van der Waals surface area contributed by atoms with Gasteiger partial charge in [0.25, 0.3) is 5.91 Å². The lowest BCUT2D eigenvalue weighted by Crippen LogP contribution is -2.44. The number of hydrogen-bond donors (Lipinski definition) is 2. The zero-order valence-electron chi connectivity index (χ0n) is 18.1. The van der Waals surface area contributed by atoms with Crippen molar-refractivity contribution in [2.24, 2.45) is 0 Å². The summed E-state index contributed by atoms with van der Waals surface area (Å²) < 4.78 is 38.8. The summed E-state index contributed by atoms with van der Waals surface area (Å²) in [6.07, 6.45) is -2.67. The highest BCUT2D eigenvalue weighted by atomic mass is 19.4. The first-order valence-corrected chi connectivity index (χ1v) is 10.7. The van der Waals surface area contributed by atoms with E-state index in [2.05, 4.69) is 10.3 Å². The lowest BCUT2D eigenvalue weighted by Gasteiger charge is -2.39. The molecule has 0 aliphatic carbocycles. The van der Waals surface area contributed by atoms with E-state index >= 15 is 0 Å². The Bertz CT molecular complexity index is 1390. The van der Waals surface area contributed by atoms with Crippen LogP contribution in [0.3, 0.4) is 0 Å². The number of alkyl halides is 3. The predicted octanol–water partition coefficient (Wildman–Crippen LogP) is 5.74. The van der Waals surface area contributed by atoms with Crippen molar-refractivity contribution in [2.75, 3.05) is 12.4 Å². The highest BCUT2D eigenvalue weighted by Crippen LogP contribution is 2.44. The fourth-order valence-electron chi connectivity index (χ4n) is 4.65. The number of nitrogens with one attached hydrogen (secondary N) is 2. The molecule has 2 heterocycles. The van der Waals surface area contributed by atoms with E-state index in [9.17, 15) is 22.8 Å². The lowest BCUT2D eigenvalue weighted by atomic mass is 9.79. The minimum atomic E-state index is -4.46. The molecule has 4 aromatic rings. The Hall–Kier alpha value is -4.07.